The van der Waals surface area contributed by atoms with Crippen molar-refractivity contribution >= 4 is 65.7 Å². The molecule has 370 valence electrons. The normalized spacial score (nSPS) is 11.7. The van der Waals surface area contributed by atoms with E-state index in [9.17, 15) is 0 Å². The Morgan fingerprint density at radius 1 is 0.346 bits per heavy atom. The molecule has 0 bridgehead atoms. The minimum Gasteiger partial charge on any atom is -0.455 e. The van der Waals surface area contributed by atoms with Crippen molar-refractivity contribution in [2.24, 2.45) is 0 Å². The molecule has 0 radical (unpaired) electrons. The minimum absolute atomic E-state index is 0.621. The molecule has 15 aromatic rings. The van der Waals surface area contributed by atoms with Gasteiger partial charge in [-0.3, -0.25) is 28.2 Å². The Morgan fingerprint density at radius 3 is 1.22 bits per heavy atom. The molecule has 8 aromatic carbocycles. The maximum atomic E-state index is 7.00. The maximum absolute atomic E-state index is 7.00. The van der Waals surface area contributed by atoms with Gasteiger partial charge in [0, 0.05) is 57.2 Å². The van der Waals surface area contributed by atoms with Gasteiger partial charge in [0.25, 0.3) is 0 Å². The van der Waals surface area contributed by atoms with E-state index in [4.69, 9.17) is 39.4 Å². The van der Waals surface area contributed by atoms with Crippen molar-refractivity contribution in [3.63, 3.8) is 0 Å². The van der Waals surface area contributed by atoms with E-state index in [0.29, 0.717) is 34.4 Å². The van der Waals surface area contributed by atoms with Crippen molar-refractivity contribution in [3.05, 3.63) is 243 Å². The number of aromatic nitrogens is 10. The molecule has 7 heterocycles. The van der Waals surface area contributed by atoms with Crippen LogP contribution in [0.15, 0.2) is 232 Å². The summed E-state index contributed by atoms with van der Waals surface area (Å²) in [4.78, 5) is 29.2. The number of pyridine rings is 2. The zero-order valence-electron chi connectivity index (χ0n) is 42.2. The first-order valence-electron chi connectivity index (χ1n) is 25.7. The Bertz CT molecular complexity index is 4550. The quantitative estimate of drug-likeness (QED) is 0.133. The third-order valence-corrected chi connectivity index (χ3v) is 14.6. The summed E-state index contributed by atoms with van der Waals surface area (Å²) in [5.74, 6) is 4.26. The summed E-state index contributed by atoms with van der Waals surface area (Å²) in [6.07, 6.45) is 11.0. The van der Waals surface area contributed by atoms with Crippen molar-refractivity contribution in [1.82, 2.24) is 48.2 Å². The SMILES string of the molecule is Cc1ccnc(-n2c3ccccc3c3ccc(Oc4cc(-c5cnc(-c6ccc(-n7cnc8ccccc87)c(Oc7ccc8c9ccccc9n(-c9cc(C)ccn9)c8c7)c6)cn5)ccc4-n4cnc5ccccc54)cc32)c1. The van der Waals surface area contributed by atoms with E-state index in [-0.39, 0.29) is 0 Å². The summed E-state index contributed by atoms with van der Waals surface area (Å²) in [6, 6.07) is 66.0. The molecule has 0 aliphatic carbocycles. The van der Waals surface area contributed by atoms with Crippen LogP contribution in [-0.2, 0) is 0 Å². The van der Waals surface area contributed by atoms with Gasteiger partial charge in [-0.2, -0.15) is 0 Å². The van der Waals surface area contributed by atoms with E-state index in [0.717, 1.165) is 111 Å². The number of imidazole rings is 2. The van der Waals surface area contributed by atoms with Crippen LogP contribution < -0.4 is 9.47 Å². The van der Waals surface area contributed by atoms with Crippen molar-refractivity contribution in [3.8, 4) is 68.5 Å². The number of nitrogens with zero attached hydrogens (tertiary/aromatic N) is 10. The molecule has 12 heteroatoms. The molecule has 0 aliphatic rings. The lowest BCUT2D eigenvalue weighted by Gasteiger charge is -2.16. The predicted molar refractivity (Wildman–Crippen MR) is 309 cm³/mol. The van der Waals surface area contributed by atoms with Gasteiger partial charge in [0.05, 0.1) is 79.3 Å². The molecular weight excluding hydrogens is 965 g/mol. The number of hydrogen-bond acceptors (Lipinski definition) is 8. The van der Waals surface area contributed by atoms with Gasteiger partial charge in [-0.15, -0.1) is 0 Å². The van der Waals surface area contributed by atoms with Crippen LogP contribution >= 0.6 is 0 Å². The topological polar surface area (TPSA) is 116 Å². The lowest BCUT2D eigenvalue weighted by atomic mass is 10.1. The van der Waals surface area contributed by atoms with E-state index < -0.39 is 0 Å². The molecule has 15 rings (SSSR count). The third-order valence-electron chi connectivity index (χ3n) is 14.6. The maximum Gasteiger partial charge on any atom is 0.152 e. The molecule has 0 amide bonds. The van der Waals surface area contributed by atoms with E-state index in [2.05, 4.69) is 141 Å². The summed E-state index contributed by atoms with van der Waals surface area (Å²) in [5, 5.41) is 4.48. The lowest BCUT2D eigenvalue weighted by Crippen LogP contribution is -2.00. The summed E-state index contributed by atoms with van der Waals surface area (Å²) < 4.78 is 22.5. The van der Waals surface area contributed by atoms with Gasteiger partial charge in [-0.25, -0.2) is 19.9 Å². The Hall–Kier alpha value is -10.7. The second-order valence-electron chi connectivity index (χ2n) is 19.5. The highest BCUT2D eigenvalue weighted by Crippen LogP contribution is 2.41. The van der Waals surface area contributed by atoms with Crippen LogP contribution in [0.1, 0.15) is 11.1 Å². The first-order chi connectivity index (χ1) is 38.5. The van der Waals surface area contributed by atoms with Gasteiger partial charge in [0.15, 0.2) is 11.5 Å². The van der Waals surface area contributed by atoms with E-state index >= 15 is 0 Å². The molecule has 0 saturated heterocycles. The van der Waals surface area contributed by atoms with Crippen molar-refractivity contribution < 1.29 is 9.47 Å². The summed E-state index contributed by atoms with van der Waals surface area (Å²) in [6.45, 7) is 4.17. The molecule has 0 aliphatic heterocycles. The average molecular weight is 1010 g/mol. The molecule has 0 fully saturated rings. The number of para-hydroxylation sites is 6. The standard InChI is InChI=1S/C66H44N10O2/c1-41-27-29-67-65(31-41)75-55-15-7-3-11-47(55)49-23-21-45(35-61(49)75)77-63-33-43(19-25-59(63)73-39-71-51-13-5-9-17-57(51)73)53-37-70-54(38-69-53)44-20-26-60(74-40-72-52-14-6-10-18-58(52)74)64(34-44)78-46-22-24-50-48-12-4-8-16-56(48)76(62(50)36-46)66-32-42(2)28-30-68-66/h3-40H,1-2H3. The van der Waals surface area contributed by atoms with Crippen molar-refractivity contribution in [2.45, 2.75) is 13.8 Å². The first-order valence-corrected chi connectivity index (χ1v) is 25.7. The van der Waals surface area contributed by atoms with Crippen LogP contribution in [0, 0.1) is 13.8 Å². The molecule has 0 N–H and O–H groups in total. The molecule has 78 heavy (non-hydrogen) atoms. The first kappa shape index (κ1) is 44.7. The Labute approximate surface area is 446 Å². The predicted octanol–water partition coefficient (Wildman–Crippen LogP) is 15.7. The molecule has 0 saturated carbocycles. The van der Waals surface area contributed by atoms with Gasteiger partial charge in [-0.1, -0.05) is 72.8 Å². The smallest absolute Gasteiger partial charge is 0.152 e. The van der Waals surface area contributed by atoms with E-state index in [1.54, 1.807) is 0 Å². The highest BCUT2D eigenvalue weighted by Gasteiger charge is 2.20. The Morgan fingerprint density at radius 2 is 0.769 bits per heavy atom. The summed E-state index contributed by atoms with van der Waals surface area (Å²) >= 11 is 0. The van der Waals surface area contributed by atoms with Crippen molar-refractivity contribution in [1.29, 1.82) is 0 Å². The van der Waals surface area contributed by atoms with Crippen LogP contribution in [0.25, 0.3) is 111 Å². The zero-order valence-corrected chi connectivity index (χ0v) is 42.2. The summed E-state index contributed by atoms with van der Waals surface area (Å²) in [5.41, 5.74) is 14.7. The molecule has 0 unspecified atom stereocenters. The second kappa shape index (κ2) is 18.0. The number of aryl methyl sites for hydroxylation is 2. The fourth-order valence-corrected chi connectivity index (χ4v) is 10.9. The van der Waals surface area contributed by atoms with Gasteiger partial charge in [0.2, 0.25) is 0 Å². The monoisotopic (exact) mass is 1010 g/mol. The molecule has 12 nitrogen and oxygen atoms in total. The lowest BCUT2D eigenvalue weighted by molar-refractivity contribution is 0.481. The third kappa shape index (κ3) is 7.53. The Balaban J connectivity index is 0.813. The number of hydrogen-bond donors (Lipinski definition) is 0. The number of fused-ring (bicyclic) bond motifs is 8. The number of ether oxygens (including phenoxy) is 2. The Kier molecular flexibility index (Phi) is 10.3. The van der Waals surface area contributed by atoms with Gasteiger partial charge >= 0.3 is 0 Å². The molecular formula is C66H44N10O2. The highest BCUT2D eigenvalue weighted by atomic mass is 16.5. The van der Waals surface area contributed by atoms with Crippen LogP contribution in [-0.4, -0.2) is 48.2 Å². The largest absolute Gasteiger partial charge is 0.455 e. The van der Waals surface area contributed by atoms with Crippen LogP contribution in [0.2, 0.25) is 0 Å². The van der Waals surface area contributed by atoms with Gasteiger partial charge < -0.3 is 9.47 Å². The molecule has 0 spiro atoms. The fraction of sp³-hybridized carbons (Fsp3) is 0.0303. The number of rotatable bonds is 10. The molecule has 7 aromatic heterocycles. The van der Waals surface area contributed by atoms with Crippen LogP contribution in [0.3, 0.4) is 0 Å². The van der Waals surface area contributed by atoms with Crippen LogP contribution in [0.4, 0.5) is 0 Å². The number of benzene rings is 8. The second-order valence-corrected chi connectivity index (χ2v) is 19.5. The van der Waals surface area contributed by atoms with Gasteiger partial charge in [-0.05, 0) is 134 Å². The molecule has 0 atom stereocenters. The van der Waals surface area contributed by atoms with Gasteiger partial charge in [0.1, 0.15) is 35.8 Å². The van der Waals surface area contributed by atoms with E-state index in [1.165, 1.54) is 0 Å². The van der Waals surface area contributed by atoms with Crippen LogP contribution in [0.5, 0.6) is 23.0 Å². The minimum atomic E-state index is 0.621. The average Bonchev–Trinajstić information content (AvgIpc) is 4.47. The fourth-order valence-electron chi connectivity index (χ4n) is 10.9. The highest BCUT2D eigenvalue weighted by molar-refractivity contribution is 6.10. The zero-order chi connectivity index (χ0) is 51.8. The van der Waals surface area contributed by atoms with E-state index in [1.807, 2.05) is 122 Å². The summed E-state index contributed by atoms with van der Waals surface area (Å²) in [7, 11) is 0. The van der Waals surface area contributed by atoms with Crippen molar-refractivity contribution in [2.75, 3.05) is 0 Å².